The number of benzene rings is 2. The standard InChI is InChI=1S/C25H29N5O/c1-3-26-25-27-19(2)18-22(28-25)29-14-16-30(17-15-29)24(31)23(20-10-6-4-7-11-20)21-12-8-5-9-13-21/h4-13,18,23H,3,14-17H2,1-2H3,(H,26,27,28). The minimum Gasteiger partial charge on any atom is -0.354 e. The highest BCUT2D eigenvalue weighted by atomic mass is 16.2. The third-order valence-corrected chi connectivity index (χ3v) is 5.60. The highest BCUT2D eigenvalue weighted by Gasteiger charge is 2.30. The smallest absolute Gasteiger partial charge is 0.234 e. The van der Waals surface area contributed by atoms with E-state index in [-0.39, 0.29) is 11.8 Å². The number of hydrogen-bond acceptors (Lipinski definition) is 5. The Morgan fingerprint density at radius 2 is 1.52 bits per heavy atom. The molecule has 6 heteroatoms. The molecule has 1 amide bonds. The average Bonchev–Trinajstić information content (AvgIpc) is 2.80. The molecule has 0 atom stereocenters. The maximum Gasteiger partial charge on any atom is 0.234 e. The van der Waals surface area contributed by atoms with Gasteiger partial charge < -0.3 is 15.1 Å². The van der Waals surface area contributed by atoms with Crippen molar-refractivity contribution < 1.29 is 4.79 Å². The van der Waals surface area contributed by atoms with Crippen molar-refractivity contribution in [3.8, 4) is 0 Å². The maximum absolute atomic E-state index is 13.6. The van der Waals surface area contributed by atoms with Crippen LogP contribution in [-0.4, -0.2) is 53.5 Å². The molecule has 1 aliphatic heterocycles. The number of rotatable bonds is 6. The zero-order valence-electron chi connectivity index (χ0n) is 18.2. The molecule has 160 valence electrons. The number of nitrogens with zero attached hydrogens (tertiary/aromatic N) is 4. The zero-order valence-corrected chi connectivity index (χ0v) is 18.2. The minimum atomic E-state index is -0.282. The monoisotopic (exact) mass is 415 g/mol. The Kier molecular flexibility index (Phi) is 6.46. The van der Waals surface area contributed by atoms with Gasteiger partial charge in [0.15, 0.2) is 0 Å². The van der Waals surface area contributed by atoms with Crippen LogP contribution < -0.4 is 10.2 Å². The van der Waals surface area contributed by atoms with E-state index >= 15 is 0 Å². The molecule has 0 spiro atoms. The van der Waals surface area contributed by atoms with E-state index in [0.29, 0.717) is 19.0 Å². The number of piperazine rings is 1. The molecule has 1 fully saturated rings. The van der Waals surface area contributed by atoms with E-state index < -0.39 is 0 Å². The average molecular weight is 416 g/mol. The highest BCUT2D eigenvalue weighted by Crippen LogP contribution is 2.28. The minimum absolute atomic E-state index is 0.157. The van der Waals surface area contributed by atoms with E-state index in [9.17, 15) is 4.79 Å². The summed E-state index contributed by atoms with van der Waals surface area (Å²) in [6.07, 6.45) is 0. The van der Waals surface area contributed by atoms with Gasteiger partial charge in [-0.3, -0.25) is 4.79 Å². The summed E-state index contributed by atoms with van der Waals surface area (Å²) in [6.45, 7) is 7.66. The Balaban J connectivity index is 1.50. The molecule has 0 aliphatic carbocycles. The van der Waals surface area contributed by atoms with Crippen LogP contribution >= 0.6 is 0 Å². The van der Waals surface area contributed by atoms with Crippen LogP contribution in [0.2, 0.25) is 0 Å². The predicted molar refractivity (Wildman–Crippen MR) is 124 cm³/mol. The number of amides is 1. The summed E-state index contributed by atoms with van der Waals surface area (Å²) in [7, 11) is 0. The van der Waals surface area contributed by atoms with Gasteiger partial charge in [-0.2, -0.15) is 4.98 Å². The van der Waals surface area contributed by atoms with Crippen molar-refractivity contribution in [1.82, 2.24) is 14.9 Å². The van der Waals surface area contributed by atoms with Crippen molar-refractivity contribution in [3.63, 3.8) is 0 Å². The van der Waals surface area contributed by atoms with Gasteiger partial charge >= 0.3 is 0 Å². The zero-order chi connectivity index (χ0) is 21.6. The van der Waals surface area contributed by atoms with Gasteiger partial charge in [-0.05, 0) is 25.0 Å². The molecule has 3 aromatic rings. The molecule has 6 nitrogen and oxygen atoms in total. The van der Waals surface area contributed by atoms with Crippen LogP contribution in [0.1, 0.15) is 29.7 Å². The molecule has 0 radical (unpaired) electrons. The molecule has 0 unspecified atom stereocenters. The quantitative estimate of drug-likeness (QED) is 0.665. The summed E-state index contributed by atoms with van der Waals surface area (Å²) in [5.74, 6) is 1.45. The first-order valence-corrected chi connectivity index (χ1v) is 10.9. The van der Waals surface area contributed by atoms with Gasteiger partial charge in [-0.25, -0.2) is 4.98 Å². The molecular weight excluding hydrogens is 386 g/mol. The number of aromatic nitrogens is 2. The van der Waals surface area contributed by atoms with Crippen LogP contribution in [0.3, 0.4) is 0 Å². The fourth-order valence-corrected chi connectivity index (χ4v) is 4.06. The highest BCUT2D eigenvalue weighted by molar-refractivity contribution is 5.87. The first-order valence-electron chi connectivity index (χ1n) is 10.9. The molecule has 1 N–H and O–H groups in total. The number of aryl methyl sites for hydroxylation is 1. The Labute approximate surface area is 183 Å². The normalized spacial score (nSPS) is 14.0. The summed E-state index contributed by atoms with van der Waals surface area (Å²) in [4.78, 5) is 26.9. The van der Waals surface area contributed by atoms with Gasteiger partial charge in [0.25, 0.3) is 0 Å². The van der Waals surface area contributed by atoms with Crippen molar-refractivity contribution in [2.24, 2.45) is 0 Å². The number of carbonyl (C=O) groups excluding carboxylic acids is 1. The summed E-state index contributed by atoms with van der Waals surface area (Å²) in [5, 5.41) is 3.19. The van der Waals surface area contributed by atoms with E-state index in [0.717, 1.165) is 42.3 Å². The van der Waals surface area contributed by atoms with Crippen LogP contribution in [-0.2, 0) is 4.79 Å². The molecular formula is C25H29N5O. The summed E-state index contributed by atoms with van der Waals surface area (Å²) in [6, 6.07) is 22.1. The van der Waals surface area contributed by atoms with Crippen molar-refractivity contribution in [2.45, 2.75) is 19.8 Å². The lowest BCUT2D eigenvalue weighted by Gasteiger charge is -2.37. The predicted octanol–water partition coefficient (Wildman–Crippen LogP) is 3.70. The SMILES string of the molecule is CCNc1nc(C)cc(N2CCN(C(=O)C(c3ccccc3)c3ccccc3)CC2)n1. The third kappa shape index (κ3) is 4.85. The molecule has 2 heterocycles. The second-order valence-electron chi connectivity index (χ2n) is 7.79. The van der Waals surface area contributed by atoms with Crippen molar-refractivity contribution in [3.05, 3.63) is 83.6 Å². The van der Waals surface area contributed by atoms with Gasteiger partial charge in [0.05, 0.1) is 5.92 Å². The number of carbonyl (C=O) groups is 1. The molecule has 2 aromatic carbocycles. The van der Waals surface area contributed by atoms with Gasteiger partial charge in [0.1, 0.15) is 5.82 Å². The first-order chi connectivity index (χ1) is 15.2. The number of nitrogens with one attached hydrogen (secondary N) is 1. The summed E-state index contributed by atoms with van der Waals surface area (Å²) < 4.78 is 0. The van der Waals surface area contributed by atoms with Gasteiger partial charge in [-0.15, -0.1) is 0 Å². The van der Waals surface area contributed by atoms with Gasteiger partial charge in [0.2, 0.25) is 11.9 Å². The lowest BCUT2D eigenvalue weighted by Crippen LogP contribution is -2.50. The van der Waals surface area contributed by atoms with Gasteiger partial charge in [-0.1, -0.05) is 60.7 Å². The van der Waals surface area contributed by atoms with Crippen molar-refractivity contribution in [2.75, 3.05) is 42.9 Å². The second-order valence-corrected chi connectivity index (χ2v) is 7.79. The number of hydrogen-bond donors (Lipinski definition) is 1. The maximum atomic E-state index is 13.6. The second kappa shape index (κ2) is 9.60. The molecule has 0 bridgehead atoms. The van der Waals surface area contributed by atoms with Crippen molar-refractivity contribution >= 4 is 17.7 Å². The fraction of sp³-hybridized carbons (Fsp3) is 0.320. The van der Waals surface area contributed by atoms with E-state index in [2.05, 4.69) is 20.2 Å². The lowest BCUT2D eigenvalue weighted by molar-refractivity contribution is -0.132. The van der Waals surface area contributed by atoms with E-state index in [1.54, 1.807) is 0 Å². The fourth-order valence-electron chi connectivity index (χ4n) is 4.06. The lowest BCUT2D eigenvalue weighted by atomic mass is 9.90. The summed E-state index contributed by atoms with van der Waals surface area (Å²) >= 11 is 0. The molecule has 31 heavy (non-hydrogen) atoms. The Bertz CT molecular complexity index is 961. The molecule has 1 aliphatic rings. The van der Waals surface area contributed by atoms with Crippen LogP contribution in [0.25, 0.3) is 0 Å². The topological polar surface area (TPSA) is 61.4 Å². The number of anilines is 2. The Hall–Kier alpha value is -3.41. The van der Waals surface area contributed by atoms with Crippen LogP contribution in [0.15, 0.2) is 66.7 Å². The first kappa shape index (κ1) is 20.8. The molecule has 1 aromatic heterocycles. The van der Waals surface area contributed by atoms with Crippen LogP contribution in [0.4, 0.5) is 11.8 Å². The Morgan fingerprint density at radius 1 is 0.935 bits per heavy atom. The molecule has 0 saturated carbocycles. The largest absolute Gasteiger partial charge is 0.354 e. The van der Waals surface area contributed by atoms with E-state index in [1.165, 1.54) is 0 Å². The van der Waals surface area contributed by atoms with Crippen LogP contribution in [0.5, 0.6) is 0 Å². The molecule has 4 rings (SSSR count). The summed E-state index contributed by atoms with van der Waals surface area (Å²) in [5.41, 5.74) is 3.00. The third-order valence-electron chi connectivity index (χ3n) is 5.60. The molecule has 1 saturated heterocycles. The van der Waals surface area contributed by atoms with Gasteiger partial charge in [0, 0.05) is 44.5 Å². The van der Waals surface area contributed by atoms with Crippen molar-refractivity contribution in [1.29, 1.82) is 0 Å². The Morgan fingerprint density at radius 3 is 2.06 bits per heavy atom. The van der Waals surface area contributed by atoms with E-state index in [4.69, 9.17) is 0 Å². The van der Waals surface area contributed by atoms with E-state index in [1.807, 2.05) is 85.5 Å². The van der Waals surface area contributed by atoms with Crippen LogP contribution in [0, 0.1) is 6.92 Å².